The molecule has 0 spiro atoms. The van der Waals surface area contributed by atoms with Gasteiger partial charge in [0, 0.05) is 0 Å². The highest BCUT2D eigenvalue weighted by molar-refractivity contribution is 6.35. The van der Waals surface area contributed by atoms with Crippen LogP contribution in [0.25, 0.3) is 11.2 Å². The highest BCUT2D eigenvalue weighted by Crippen LogP contribution is 2.31. The number of hydrogen-bond donors (Lipinski definition) is 1. The Labute approximate surface area is 113 Å². The summed E-state index contributed by atoms with van der Waals surface area (Å²) in [5.74, 6) is 0. The number of hydrogen-bond acceptors (Lipinski definition) is 5. The molecule has 8 heteroatoms. The molecule has 3 heterocycles. The van der Waals surface area contributed by atoms with Gasteiger partial charge >= 0.3 is 0 Å². The lowest BCUT2D eigenvalue weighted by Gasteiger charge is -2.13. The minimum atomic E-state index is -0.200. The fourth-order valence-electron chi connectivity index (χ4n) is 2.09. The van der Waals surface area contributed by atoms with Gasteiger partial charge in [-0.05, 0) is 24.4 Å². The van der Waals surface area contributed by atoms with Crippen molar-refractivity contribution in [1.29, 1.82) is 0 Å². The molecule has 1 saturated heterocycles. The summed E-state index contributed by atoms with van der Waals surface area (Å²) in [6, 6.07) is 0. The average molecular weight is 289 g/mol. The molecule has 3 rings (SSSR count). The van der Waals surface area contributed by atoms with E-state index in [1.165, 1.54) is 0 Å². The highest BCUT2D eigenvalue weighted by atomic mass is 35.5. The number of aliphatic hydroxyl groups is 1. The number of nitrogens with zero attached hydrogens (tertiary/aromatic N) is 4. The van der Waals surface area contributed by atoms with Crippen molar-refractivity contribution in [3.05, 3.63) is 16.8 Å². The van der Waals surface area contributed by atoms with Crippen molar-refractivity contribution >= 4 is 34.4 Å². The number of aliphatic hydroxyl groups excluding tert-OH is 1. The number of halogens is 2. The van der Waals surface area contributed by atoms with Crippen LogP contribution in [0.2, 0.25) is 10.4 Å². The van der Waals surface area contributed by atoms with E-state index in [-0.39, 0.29) is 29.4 Å². The van der Waals surface area contributed by atoms with Gasteiger partial charge < -0.3 is 9.84 Å². The van der Waals surface area contributed by atoms with Gasteiger partial charge in [0.05, 0.1) is 19.0 Å². The van der Waals surface area contributed by atoms with Crippen LogP contribution in [0.4, 0.5) is 0 Å². The molecule has 2 aromatic rings. The summed E-state index contributed by atoms with van der Waals surface area (Å²) in [5, 5.41) is 9.36. The van der Waals surface area contributed by atoms with Crippen LogP contribution in [0, 0.1) is 0 Å². The van der Waals surface area contributed by atoms with Crippen LogP contribution < -0.4 is 0 Å². The van der Waals surface area contributed by atoms with E-state index in [1.807, 2.05) is 0 Å². The minimum absolute atomic E-state index is 0.0135. The number of fused-ring (bicyclic) bond motifs is 1. The molecule has 1 aliphatic heterocycles. The van der Waals surface area contributed by atoms with Crippen LogP contribution >= 0.6 is 23.2 Å². The molecular formula is C10H10Cl2N4O2. The van der Waals surface area contributed by atoms with Crippen molar-refractivity contribution in [3.8, 4) is 0 Å². The molecule has 2 aromatic heterocycles. The molecule has 1 N–H and O–H groups in total. The predicted molar refractivity (Wildman–Crippen MR) is 65.6 cm³/mol. The first-order valence-corrected chi connectivity index (χ1v) is 6.26. The maximum absolute atomic E-state index is 9.07. The van der Waals surface area contributed by atoms with E-state index in [9.17, 15) is 0 Å². The van der Waals surface area contributed by atoms with Crippen LogP contribution in [0.5, 0.6) is 0 Å². The minimum Gasteiger partial charge on any atom is -0.394 e. The highest BCUT2D eigenvalue weighted by Gasteiger charge is 2.27. The number of aromatic nitrogens is 4. The van der Waals surface area contributed by atoms with Gasteiger partial charge in [-0.2, -0.15) is 4.98 Å². The molecule has 6 nitrogen and oxygen atoms in total. The normalized spacial score (nSPS) is 23.9. The van der Waals surface area contributed by atoms with Gasteiger partial charge in [-0.15, -0.1) is 0 Å². The number of imidazole rings is 1. The lowest BCUT2D eigenvalue weighted by atomic mass is 10.2. The zero-order chi connectivity index (χ0) is 12.7. The fourth-order valence-corrected chi connectivity index (χ4v) is 2.51. The van der Waals surface area contributed by atoms with Gasteiger partial charge in [-0.1, -0.05) is 11.6 Å². The van der Waals surface area contributed by atoms with E-state index in [0.717, 1.165) is 12.8 Å². The maximum atomic E-state index is 9.07. The first kappa shape index (κ1) is 12.1. The number of ether oxygens (including phenoxy) is 1. The molecule has 0 aromatic carbocycles. The van der Waals surface area contributed by atoms with Crippen LogP contribution in [0.1, 0.15) is 19.1 Å². The third kappa shape index (κ3) is 1.95. The summed E-state index contributed by atoms with van der Waals surface area (Å²) in [7, 11) is 0. The summed E-state index contributed by atoms with van der Waals surface area (Å²) in [4.78, 5) is 12.1. The molecule has 96 valence electrons. The Morgan fingerprint density at radius 3 is 2.94 bits per heavy atom. The summed E-state index contributed by atoms with van der Waals surface area (Å²) in [6.45, 7) is 0.0135. The third-order valence-electron chi connectivity index (χ3n) is 2.95. The molecule has 18 heavy (non-hydrogen) atoms. The largest absolute Gasteiger partial charge is 0.394 e. The van der Waals surface area contributed by atoms with E-state index in [2.05, 4.69) is 15.0 Å². The topological polar surface area (TPSA) is 73.1 Å². The van der Waals surface area contributed by atoms with E-state index in [4.69, 9.17) is 33.0 Å². The summed E-state index contributed by atoms with van der Waals surface area (Å²) in [5.41, 5.74) is 1.04. The Kier molecular flexibility index (Phi) is 3.11. The molecule has 1 aliphatic rings. The molecule has 0 aliphatic carbocycles. The van der Waals surface area contributed by atoms with E-state index in [0.29, 0.717) is 11.2 Å². The lowest BCUT2D eigenvalue weighted by Crippen LogP contribution is -2.14. The van der Waals surface area contributed by atoms with Gasteiger partial charge in [0.25, 0.3) is 0 Å². The molecular weight excluding hydrogens is 279 g/mol. The maximum Gasteiger partial charge on any atom is 0.225 e. The SMILES string of the molecule is OC[C@@H]1CC[C@H](n2cnc3c(Cl)nc(Cl)nc32)O1. The lowest BCUT2D eigenvalue weighted by molar-refractivity contribution is -0.0207. The van der Waals surface area contributed by atoms with Crippen LogP contribution in [0.3, 0.4) is 0 Å². The van der Waals surface area contributed by atoms with Crippen molar-refractivity contribution < 1.29 is 9.84 Å². The quantitative estimate of drug-likeness (QED) is 0.674. The second-order valence-corrected chi connectivity index (χ2v) is 4.78. The van der Waals surface area contributed by atoms with Crippen molar-refractivity contribution in [2.24, 2.45) is 0 Å². The first-order chi connectivity index (χ1) is 8.69. The summed E-state index contributed by atoms with van der Waals surface area (Å²) >= 11 is 11.7. The Bertz CT molecular complexity index is 589. The van der Waals surface area contributed by atoms with Crippen LogP contribution in [-0.2, 0) is 4.74 Å². The van der Waals surface area contributed by atoms with Crippen molar-refractivity contribution in [2.75, 3.05) is 6.61 Å². The second kappa shape index (κ2) is 4.62. The second-order valence-electron chi connectivity index (χ2n) is 4.08. The third-order valence-corrected chi connectivity index (χ3v) is 3.38. The molecule has 0 bridgehead atoms. The van der Waals surface area contributed by atoms with Crippen molar-refractivity contribution in [2.45, 2.75) is 25.2 Å². The van der Waals surface area contributed by atoms with Gasteiger partial charge in [-0.25, -0.2) is 9.97 Å². The van der Waals surface area contributed by atoms with Gasteiger partial charge in [0.1, 0.15) is 11.7 Å². The Morgan fingerprint density at radius 1 is 1.39 bits per heavy atom. The Balaban J connectivity index is 2.03. The van der Waals surface area contributed by atoms with E-state index < -0.39 is 0 Å². The molecule has 0 amide bonds. The summed E-state index contributed by atoms with van der Waals surface area (Å²) < 4.78 is 7.44. The Morgan fingerprint density at radius 2 is 2.22 bits per heavy atom. The smallest absolute Gasteiger partial charge is 0.225 e. The van der Waals surface area contributed by atoms with Crippen molar-refractivity contribution in [1.82, 2.24) is 19.5 Å². The molecule has 0 unspecified atom stereocenters. The monoisotopic (exact) mass is 288 g/mol. The summed E-state index contributed by atoms with van der Waals surface area (Å²) in [6.07, 6.45) is 2.85. The predicted octanol–water partition coefficient (Wildman–Crippen LogP) is 1.80. The van der Waals surface area contributed by atoms with Gasteiger partial charge in [0.15, 0.2) is 10.8 Å². The van der Waals surface area contributed by atoms with Crippen LogP contribution in [0.15, 0.2) is 6.33 Å². The van der Waals surface area contributed by atoms with Gasteiger partial charge in [-0.3, -0.25) is 4.57 Å². The fraction of sp³-hybridized carbons (Fsp3) is 0.500. The van der Waals surface area contributed by atoms with Crippen molar-refractivity contribution in [3.63, 3.8) is 0 Å². The molecule has 1 fully saturated rings. The number of rotatable bonds is 2. The molecule has 0 saturated carbocycles. The Hall–Kier alpha value is -0.950. The zero-order valence-electron chi connectivity index (χ0n) is 9.25. The molecule has 0 radical (unpaired) electrons. The van der Waals surface area contributed by atoms with Gasteiger partial charge in [0.2, 0.25) is 5.28 Å². The molecule has 2 atom stereocenters. The van der Waals surface area contributed by atoms with Crippen LogP contribution in [-0.4, -0.2) is 37.3 Å². The average Bonchev–Trinajstić information content (AvgIpc) is 2.93. The zero-order valence-corrected chi connectivity index (χ0v) is 10.8. The standard InChI is InChI=1S/C10H10Cl2N4O2/c11-8-7-9(15-10(12)14-8)16(4-13-7)6-2-1-5(3-17)18-6/h4-6,17H,1-3H2/t5-,6+/m0/s1. The van der Waals surface area contributed by atoms with E-state index in [1.54, 1.807) is 10.9 Å². The van der Waals surface area contributed by atoms with E-state index >= 15 is 0 Å². The first-order valence-electron chi connectivity index (χ1n) is 5.51.